The number of benzene rings is 12. The first-order valence-electron chi connectivity index (χ1n) is 25.2. The van der Waals surface area contributed by atoms with Crippen LogP contribution in [0.4, 0.5) is 17.1 Å². The molecule has 13 aromatic rings. The summed E-state index contributed by atoms with van der Waals surface area (Å²) in [6.07, 6.45) is 0. The number of rotatable bonds is 9. The van der Waals surface area contributed by atoms with Crippen LogP contribution in [0.1, 0.15) is 22.3 Å². The number of para-hydroxylation sites is 3. The Bertz CT molecular complexity index is 4090. The third kappa shape index (κ3) is 6.94. The molecule has 1 aromatic heterocycles. The molecule has 1 aliphatic carbocycles. The van der Waals surface area contributed by atoms with Crippen LogP contribution in [0.2, 0.25) is 0 Å². The van der Waals surface area contributed by atoms with Crippen LogP contribution in [0.25, 0.3) is 82.8 Å². The van der Waals surface area contributed by atoms with Gasteiger partial charge in [0.2, 0.25) is 0 Å². The van der Waals surface area contributed by atoms with Crippen molar-refractivity contribution in [3.05, 3.63) is 313 Å². The van der Waals surface area contributed by atoms with Gasteiger partial charge in [-0.3, -0.25) is 0 Å². The van der Waals surface area contributed by atoms with E-state index < -0.39 is 5.41 Å². The molecule has 2 heteroatoms. The molecule has 1 heterocycles. The monoisotopic (exact) mass is 928 g/mol. The molecule has 0 radical (unpaired) electrons. The number of aromatic nitrogens is 1. The van der Waals surface area contributed by atoms with Gasteiger partial charge in [0.25, 0.3) is 0 Å². The second kappa shape index (κ2) is 17.4. The van der Waals surface area contributed by atoms with Crippen molar-refractivity contribution in [3.63, 3.8) is 0 Å². The summed E-state index contributed by atoms with van der Waals surface area (Å²) in [7, 11) is 0. The predicted octanol–water partition coefficient (Wildman–Crippen LogP) is 18.8. The van der Waals surface area contributed by atoms with Crippen molar-refractivity contribution in [1.82, 2.24) is 4.57 Å². The minimum atomic E-state index is -0.523. The summed E-state index contributed by atoms with van der Waals surface area (Å²) in [6.45, 7) is 0. The zero-order chi connectivity index (χ0) is 48.3. The zero-order valence-corrected chi connectivity index (χ0v) is 40.1. The molecular formula is C71H48N2. The Kier molecular flexibility index (Phi) is 10.1. The van der Waals surface area contributed by atoms with Crippen LogP contribution >= 0.6 is 0 Å². The Hall–Kier alpha value is -9.50. The fourth-order valence-electron chi connectivity index (χ4n) is 12.0. The molecule has 0 aliphatic heterocycles. The first-order chi connectivity index (χ1) is 36.2. The van der Waals surface area contributed by atoms with Crippen molar-refractivity contribution in [1.29, 1.82) is 0 Å². The lowest BCUT2D eigenvalue weighted by atomic mass is 9.67. The Balaban J connectivity index is 0.895. The average molecular weight is 929 g/mol. The van der Waals surface area contributed by atoms with Crippen molar-refractivity contribution < 1.29 is 0 Å². The van der Waals surface area contributed by atoms with E-state index in [2.05, 4.69) is 301 Å². The molecule has 73 heavy (non-hydrogen) atoms. The smallest absolute Gasteiger partial charge is 0.0714 e. The van der Waals surface area contributed by atoms with E-state index in [1.165, 1.54) is 88.2 Å². The molecule has 342 valence electrons. The van der Waals surface area contributed by atoms with E-state index in [9.17, 15) is 0 Å². The molecule has 14 rings (SSSR count). The van der Waals surface area contributed by atoms with Crippen LogP contribution < -0.4 is 4.90 Å². The van der Waals surface area contributed by atoms with E-state index in [0.29, 0.717) is 0 Å². The van der Waals surface area contributed by atoms with E-state index >= 15 is 0 Å². The standard InChI is InChI=1S/C71H48N2/c1-3-22-56(23-4-1)71(57-24-5-2-6-25-57)66-30-13-9-27-62(66)63-45-44-60(48-67(63)71)72(59-42-38-51(39-43-59)54-35-34-49-18-7-8-19-52(49)46-54)58-40-36-50(37-41-58)53-20-17-21-55(47-53)61-26-10-14-31-68(61)73-69-32-15-11-28-64(69)65-29-12-16-33-70(65)73/h1-48H. The van der Waals surface area contributed by atoms with Gasteiger partial charge in [-0.2, -0.15) is 0 Å². The molecule has 0 saturated heterocycles. The Morgan fingerprint density at radius 2 is 0.767 bits per heavy atom. The number of hydrogen-bond donors (Lipinski definition) is 0. The highest BCUT2D eigenvalue weighted by Gasteiger charge is 2.46. The zero-order valence-electron chi connectivity index (χ0n) is 40.1. The number of anilines is 3. The van der Waals surface area contributed by atoms with E-state index in [4.69, 9.17) is 0 Å². The molecule has 0 N–H and O–H groups in total. The molecule has 2 nitrogen and oxygen atoms in total. The fraction of sp³-hybridized carbons (Fsp3) is 0.0141. The van der Waals surface area contributed by atoms with E-state index in [-0.39, 0.29) is 0 Å². The fourth-order valence-corrected chi connectivity index (χ4v) is 12.0. The molecule has 0 spiro atoms. The summed E-state index contributed by atoms with van der Waals surface area (Å²) < 4.78 is 2.42. The number of nitrogens with zero attached hydrogens (tertiary/aromatic N) is 2. The van der Waals surface area contributed by atoms with Gasteiger partial charge < -0.3 is 9.47 Å². The van der Waals surface area contributed by atoms with Crippen LogP contribution in [0.15, 0.2) is 291 Å². The normalized spacial score (nSPS) is 12.5. The Morgan fingerprint density at radius 1 is 0.274 bits per heavy atom. The number of hydrogen-bond acceptors (Lipinski definition) is 1. The molecule has 0 amide bonds. The van der Waals surface area contributed by atoms with Gasteiger partial charge in [-0.05, 0) is 139 Å². The van der Waals surface area contributed by atoms with Crippen molar-refractivity contribution in [2.75, 3.05) is 4.90 Å². The van der Waals surface area contributed by atoms with Gasteiger partial charge >= 0.3 is 0 Å². The van der Waals surface area contributed by atoms with E-state index in [1.807, 2.05) is 0 Å². The second-order valence-electron chi connectivity index (χ2n) is 19.2. The van der Waals surface area contributed by atoms with Gasteiger partial charge in [-0.25, -0.2) is 0 Å². The minimum Gasteiger partial charge on any atom is -0.310 e. The van der Waals surface area contributed by atoms with Crippen LogP contribution in [-0.2, 0) is 5.41 Å². The van der Waals surface area contributed by atoms with Crippen molar-refractivity contribution in [3.8, 4) is 50.2 Å². The maximum Gasteiger partial charge on any atom is 0.0714 e. The minimum absolute atomic E-state index is 0.523. The van der Waals surface area contributed by atoms with Crippen LogP contribution in [0.5, 0.6) is 0 Å². The van der Waals surface area contributed by atoms with Gasteiger partial charge in [0.1, 0.15) is 0 Å². The summed E-state index contributed by atoms with van der Waals surface area (Å²) in [5.41, 5.74) is 21.0. The van der Waals surface area contributed by atoms with E-state index in [1.54, 1.807) is 0 Å². The number of fused-ring (bicyclic) bond motifs is 7. The average Bonchev–Trinajstić information content (AvgIpc) is 3.97. The van der Waals surface area contributed by atoms with Gasteiger partial charge in [0.15, 0.2) is 0 Å². The lowest BCUT2D eigenvalue weighted by Gasteiger charge is -2.35. The topological polar surface area (TPSA) is 8.17 Å². The molecular weight excluding hydrogens is 881 g/mol. The largest absolute Gasteiger partial charge is 0.310 e. The Morgan fingerprint density at radius 3 is 1.44 bits per heavy atom. The summed E-state index contributed by atoms with van der Waals surface area (Å²) in [5.74, 6) is 0. The molecule has 1 aliphatic rings. The van der Waals surface area contributed by atoms with Crippen LogP contribution in [0, 0.1) is 0 Å². The highest BCUT2D eigenvalue weighted by Crippen LogP contribution is 2.57. The van der Waals surface area contributed by atoms with E-state index in [0.717, 1.165) is 33.9 Å². The lowest BCUT2D eigenvalue weighted by Crippen LogP contribution is -2.28. The van der Waals surface area contributed by atoms with Crippen molar-refractivity contribution >= 4 is 49.6 Å². The summed E-state index contributed by atoms with van der Waals surface area (Å²) in [4.78, 5) is 2.43. The van der Waals surface area contributed by atoms with Crippen molar-refractivity contribution in [2.24, 2.45) is 0 Å². The summed E-state index contributed by atoms with van der Waals surface area (Å²) in [5, 5.41) is 5.00. The Labute approximate surface area is 426 Å². The third-order valence-electron chi connectivity index (χ3n) is 15.3. The highest BCUT2D eigenvalue weighted by atomic mass is 15.1. The molecule has 0 saturated carbocycles. The highest BCUT2D eigenvalue weighted by molar-refractivity contribution is 6.10. The molecule has 12 aromatic carbocycles. The second-order valence-corrected chi connectivity index (χ2v) is 19.2. The van der Waals surface area contributed by atoms with Gasteiger partial charge in [-0.1, -0.05) is 224 Å². The van der Waals surface area contributed by atoms with Gasteiger partial charge in [0.05, 0.1) is 22.1 Å². The molecule has 0 atom stereocenters. The van der Waals surface area contributed by atoms with Gasteiger partial charge in [0, 0.05) is 33.4 Å². The summed E-state index contributed by atoms with van der Waals surface area (Å²) >= 11 is 0. The molecule has 0 unspecified atom stereocenters. The predicted molar refractivity (Wildman–Crippen MR) is 307 cm³/mol. The van der Waals surface area contributed by atoms with Crippen molar-refractivity contribution in [2.45, 2.75) is 5.41 Å². The molecule has 0 bridgehead atoms. The van der Waals surface area contributed by atoms with Crippen LogP contribution in [0.3, 0.4) is 0 Å². The maximum absolute atomic E-state index is 2.46. The third-order valence-corrected chi connectivity index (χ3v) is 15.3. The van der Waals surface area contributed by atoms with Gasteiger partial charge in [-0.15, -0.1) is 0 Å². The lowest BCUT2D eigenvalue weighted by molar-refractivity contribution is 0.768. The quantitative estimate of drug-likeness (QED) is 0.140. The molecule has 0 fully saturated rings. The SMILES string of the molecule is c1ccc(C2(c3ccccc3)c3ccccc3-c3ccc(N(c4ccc(-c5cccc(-c6ccccc6-n6c7ccccc7c7ccccc76)c5)cc4)c4ccc(-c5ccc6ccccc6c5)cc4)cc32)cc1. The first-order valence-corrected chi connectivity index (χ1v) is 25.2. The first kappa shape index (κ1) is 42.4. The van der Waals surface area contributed by atoms with Crippen LogP contribution in [-0.4, -0.2) is 4.57 Å². The maximum atomic E-state index is 2.46. The summed E-state index contributed by atoms with van der Waals surface area (Å²) in [6, 6.07) is 107.